The molecule has 6 aromatic rings. The lowest BCUT2D eigenvalue weighted by Crippen LogP contribution is -2.02. The van der Waals surface area contributed by atoms with E-state index in [2.05, 4.69) is 43.1 Å². The predicted molar refractivity (Wildman–Crippen MR) is 118 cm³/mol. The molecule has 0 aliphatic rings. The quantitative estimate of drug-likeness (QED) is 0.435. The minimum atomic E-state index is 0.476. The highest BCUT2D eigenvalue weighted by Gasteiger charge is 2.15. The van der Waals surface area contributed by atoms with E-state index < -0.39 is 0 Å². The van der Waals surface area contributed by atoms with Crippen molar-refractivity contribution in [3.05, 3.63) is 91.4 Å². The summed E-state index contributed by atoms with van der Waals surface area (Å²) >= 11 is 0. The molecule has 7 nitrogen and oxygen atoms in total. The molecule has 0 N–H and O–H groups in total. The number of aromatic nitrogens is 7. The highest BCUT2D eigenvalue weighted by Crippen LogP contribution is 2.24. The summed E-state index contributed by atoms with van der Waals surface area (Å²) in [5.74, 6) is 1.44. The summed E-state index contributed by atoms with van der Waals surface area (Å²) in [7, 11) is 0. The summed E-state index contributed by atoms with van der Waals surface area (Å²) < 4.78 is 1.85. The van der Waals surface area contributed by atoms with Gasteiger partial charge in [0.1, 0.15) is 17.1 Å². The van der Waals surface area contributed by atoms with E-state index in [1.165, 1.54) is 0 Å². The first-order valence-corrected chi connectivity index (χ1v) is 9.81. The molecule has 0 unspecified atom stereocenters. The molecule has 0 fully saturated rings. The Bertz CT molecular complexity index is 1420. The zero-order valence-electron chi connectivity index (χ0n) is 16.3. The molecule has 0 aliphatic carbocycles. The van der Waals surface area contributed by atoms with Gasteiger partial charge < -0.3 is 0 Å². The Labute approximate surface area is 177 Å². The number of hydrogen-bond donors (Lipinski definition) is 0. The van der Waals surface area contributed by atoms with Gasteiger partial charge in [0.05, 0.1) is 5.52 Å². The van der Waals surface area contributed by atoms with E-state index in [-0.39, 0.29) is 0 Å². The normalized spacial score (nSPS) is 11.2. The molecule has 0 saturated carbocycles. The van der Waals surface area contributed by atoms with Crippen molar-refractivity contribution in [2.75, 3.05) is 0 Å². The van der Waals surface area contributed by atoms with Crippen LogP contribution in [0.3, 0.4) is 0 Å². The summed E-state index contributed by atoms with van der Waals surface area (Å²) in [6, 6.07) is 23.6. The van der Waals surface area contributed by atoms with Crippen LogP contribution in [-0.4, -0.2) is 34.5 Å². The second-order valence-corrected chi connectivity index (χ2v) is 7.04. The number of pyridine rings is 3. The second-order valence-electron chi connectivity index (χ2n) is 7.04. The van der Waals surface area contributed by atoms with Crippen molar-refractivity contribution < 1.29 is 0 Å². The van der Waals surface area contributed by atoms with Crippen LogP contribution in [0.1, 0.15) is 0 Å². The van der Waals surface area contributed by atoms with Gasteiger partial charge in [-0.1, -0.05) is 36.4 Å². The Morgan fingerprint density at radius 2 is 1.13 bits per heavy atom. The van der Waals surface area contributed by atoms with E-state index in [1.807, 2.05) is 65.3 Å². The summed E-state index contributed by atoms with van der Waals surface area (Å²) in [5.41, 5.74) is 2.95. The third-order valence-corrected chi connectivity index (χ3v) is 4.98. The number of nitrogens with zero attached hydrogens (tertiary/aromatic N) is 7. The summed E-state index contributed by atoms with van der Waals surface area (Å²) in [6.07, 6.45) is 5.44. The third-order valence-electron chi connectivity index (χ3n) is 4.98. The fourth-order valence-electron chi connectivity index (χ4n) is 3.49. The summed E-state index contributed by atoms with van der Waals surface area (Å²) in [4.78, 5) is 22.8. The standard InChI is InChI=1S/C24H15N7/c1-2-8-17-15-31-18(13-16(17)7-1)14-21(30-31)24-28-22(19-9-3-5-11-25-19)27-23(29-24)20-10-4-6-12-26-20/h1-15H. The lowest BCUT2D eigenvalue weighted by molar-refractivity contribution is 0.955. The number of hydrogen-bond acceptors (Lipinski definition) is 6. The van der Waals surface area contributed by atoms with Gasteiger partial charge in [0.15, 0.2) is 17.5 Å². The first-order chi connectivity index (χ1) is 15.3. The minimum absolute atomic E-state index is 0.476. The molecule has 5 heterocycles. The SMILES string of the molecule is c1ccc(-c2nc(-c3ccccn3)nc(-c3cc4cc5ccccc5cn4n3)n2)nc1. The predicted octanol–water partition coefficient (Wildman–Crippen LogP) is 4.46. The molecule has 0 bridgehead atoms. The van der Waals surface area contributed by atoms with E-state index in [0.29, 0.717) is 34.6 Å². The van der Waals surface area contributed by atoms with Gasteiger partial charge in [-0.25, -0.2) is 19.5 Å². The topological polar surface area (TPSA) is 81.8 Å². The molecule has 6 rings (SSSR count). The van der Waals surface area contributed by atoms with E-state index in [9.17, 15) is 0 Å². The van der Waals surface area contributed by atoms with Crippen molar-refractivity contribution in [2.24, 2.45) is 0 Å². The Hall–Kier alpha value is -4.52. The van der Waals surface area contributed by atoms with Crippen molar-refractivity contribution in [1.82, 2.24) is 34.5 Å². The van der Waals surface area contributed by atoms with Crippen LogP contribution >= 0.6 is 0 Å². The van der Waals surface area contributed by atoms with Gasteiger partial charge in [-0.2, -0.15) is 5.10 Å². The molecule has 0 saturated heterocycles. The van der Waals surface area contributed by atoms with Gasteiger partial charge in [0.25, 0.3) is 0 Å². The van der Waals surface area contributed by atoms with Gasteiger partial charge in [-0.15, -0.1) is 0 Å². The molecule has 146 valence electrons. The van der Waals surface area contributed by atoms with Crippen LogP contribution in [0.5, 0.6) is 0 Å². The lowest BCUT2D eigenvalue weighted by atomic mass is 10.2. The van der Waals surface area contributed by atoms with Crippen LogP contribution in [0.25, 0.3) is 50.8 Å². The van der Waals surface area contributed by atoms with Gasteiger partial charge in [0, 0.05) is 24.0 Å². The fraction of sp³-hybridized carbons (Fsp3) is 0. The average Bonchev–Trinajstić information content (AvgIpc) is 3.26. The highest BCUT2D eigenvalue weighted by atomic mass is 15.2. The van der Waals surface area contributed by atoms with E-state index >= 15 is 0 Å². The van der Waals surface area contributed by atoms with Gasteiger partial charge in [-0.05, 0) is 41.8 Å². The minimum Gasteiger partial charge on any atom is -0.253 e. The monoisotopic (exact) mass is 401 g/mol. The molecule has 0 aliphatic heterocycles. The number of rotatable bonds is 3. The number of benzene rings is 1. The van der Waals surface area contributed by atoms with Gasteiger partial charge >= 0.3 is 0 Å². The number of fused-ring (bicyclic) bond motifs is 2. The second kappa shape index (κ2) is 7.07. The first-order valence-electron chi connectivity index (χ1n) is 9.81. The van der Waals surface area contributed by atoms with Gasteiger partial charge in [0.2, 0.25) is 0 Å². The Kier molecular flexibility index (Phi) is 3.96. The molecular formula is C24H15N7. The molecule has 31 heavy (non-hydrogen) atoms. The van der Waals surface area contributed by atoms with Crippen LogP contribution in [0.4, 0.5) is 0 Å². The highest BCUT2D eigenvalue weighted by molar-refractivity contribution is 5.86. The van der Waals surface area contributed by atoms with Crippen molar-refractivity contribution in [1.29, 1.82) is 0 Å². The van der Waals surface area contributed by atoms with E-state index in [1.54, 1.807) is 12.4 Å². The van der Waals surface area contributed by atoms with Crippen LogP contribution in [0, 0.1) is 0 Å². The lowest BCUT2D eigenvalue weighted by Gasteiger charge is -2.05. The van der Waals surface area contributed by atoms with E-state index in [4.69, 9.17) is 5.10 Å². The molecule has 5 aromatic heterocycles. The van der Waals surface area contributed by atoms with Gasteiger partial charge in [-0.3, -0.25) is 9.97 Å². The van der Waals surface area contributed by atoms with Crippen LogP contribution in [0.2, 0.25) is 0 Å². The fourth-order valence-corrected chi connectivity index (χ4v) is 3.49. The van der Waals surface area contributed by atoms with Crippen molar-refractivity contribution >= 4 is 16.3 Å². The van der Waals surface area contributed by atoms with Crippen LogP contribution in [0.15, 0.2) is 91.4 Å². The molecular weight excluding hydrogens is 386 g/mol. The molecule has 1 aromatic carbocycles. The van der Waals surface area contributed by atoms with Crippen molar-refractivity contribution in [2.45, 2.75) is 0 Å². The zero-order valence-corrected chi connectivity index (χ0v) is 16.3. The largest absolute Gasteiger partial charge is 0.253 e. The third kappa shape index (κ3) is 3.18. The molecule has 0 spiro atoms. The Morgan fingerprint density at radius 3 is 1.74 bits per heavy atom. The van der Waals surface area contributed by atoms with E-state index in [0.717, 1.165) is 16.3 Å². The van der Waals surface area contributed by atoms with Crippen molar-refractivity contribution in [3.8, 4) is 34.6 Å². The molecule has 0 amide bonds. The molecule has 7 heteroatoms. The Balaban J connectivity index is 1.56. The van der Waals surface area contributed by atoms with Crippen molar-refractivity contribution in [3.63, 3.8) is 0 Å². The molecule has 0 radical (unpaired) electrons. The van der Waals surface area contributed by atoms with Crippen LogP contribution < -0.4 is 0 Å². The summed E-state index contributed by atoms with van der Waals surface area (Å²) in [6.45, 7) is 0. The smallest absolute Gasteiger partial charge is 0.184 e. The maximum atomic E-state index is 4.73. The molecule has 0 atom stereocenters. The maximum Gasteiger partial charge on any atom is 0.184 e. The zero-order chi connectivity index (χ0) is 20.6. The van der Waals surface area contributed by atoms with Crippen LogP contribution in [-0.2, 0) is 0 Å². The summed E-state index contributed by atoms with van der Waals surface area (Å²) in [5, 5.41) is 6.99. The maximum absolute atomic E-state index is 4.73. The Morgan fingerprint density at radius 1 is 0.548 bits per heavy atom. The average molecular weight is 401 g/mol. The first kappa shape index (κ1) is 17.3.